The summed E-state index contributed by atoms with van der Waals surface area (Å²) in [6.07, 6.45) is 0.843. The lowest BCUT2D eigenvalue weighted by atomic mass is 9.96. The third-order valence-electron chi connectivity index (χ3n) is 4.28. The van der Waals surface area contributed by atoms with Gasteiger partial charge in [0.1, 0.15) is 4.90 Å². The molecule has 1 aliphatic rings. The molecule has 0 aromatic carbocycles. The Bertz CT molecular complexity index is 594. The normalized spacial score (nSPS) is 25.1. The number of nitrogens with zero attached hydrogens (tertiary/aromatic N) is 3. The van der Waals surface area contributed by atoms with Crippen molar-refractivity contribution in [2.24, 2.45) is 13.0 Å². The van der Waals surface area contributed by atoms with Gasteiger partial charge in [-0.05, 0) is 33.2 Å². The Balaban J connectivity index is 2.32. The van der Waals surface area contributed by atoms with Gasteiger partial charge in [0.15, 0.2) is 0 Å². The van der Waals surface area contributed by atoms with Crippen LogP contribution in [0.25, 0.3) is 0 Å². The highest BCUT2D eigenvalue weighted by atomic mass is 32.2. The maximum Gasteiger partial charge on any atom is 0.246 e. The molecule has 2 rings (SSSR count). The molecule has 7 heteroatoms. The minimum absolute atomic E-state index is 0.306. The van der Waals surface area contributed by atoms with Gasteiger partial charge in [0, 0.05) is 26.2 Å². The van der Waals surface area contributed by atoms with Crippen molar-refractivity contribution < 1.29 is 8.42 Å². The van der Waals surface area contributed by atoms with E-state index in [0.717, 1.165) is 6.42 Å². The predicted molar refractivity (Wildman–Crippen MR) is 78.1 cm³/mol. The summed E-state index contributed by atoms with van der Waals surface area (Å²) in [5.41, 5.74) is 1.28. The predicted octanol–water partition coefficient (Wildman–Crippen LogP) is 0.655. The van der Waals surface area contributed by atoms with Crippen molar-refractivity contribution in [3.05, 3.63) is 11.4 Å². The molecule has 20 heavy (non-hydrogen) atoms. The first kappa shape index (κ1) is 15.5. The minimum Gasteiger partial charge on any atom is -0.317 e. The highest BCUT2D eigenvalue weighted by Crippen LogP contribution is 2.27. The summed E-state index contributed by atoms with van der Waals surface area (Å²) >= 11 is 0. The smallest absolute Gasteiger partial charge is 0.246 e. The Morgan fingerprint density at radius 2 is 2.00 bits per heavy atom. The quantitative estimate of drug-likeness (QED) is 0.890. The Kier molecular flexibility index (Phi) is 4.22. The molecule has 1 aliphatic heterocycles. The van der Waals surface area contributed by atoms with Gasteiger partial charge in [-0.15, -0.1) is 0 Å². The zero-order valence-corrected chi connectivity index (χ0v) is 13.7. The first-order valence-corrected chi connectivity index (χ1v) is 8.40. The van der Waals surface area contributed by atoms with E-state index in [0.29, 0.717) is 41.3 Å². The van der Waals surface area contributed by atoms with Crippen LogP contribution in [0.5, 0.6) is 0 Å². The largest absolute Gasteiger partial charge is 0.317 e. The molecule has 1 aromatic heterocycles. The summed E-state index contributed by atoms with van der Waals surface area (Å²) in [7, 11) is 0.261. The third kappa shape index (κ3) is 2.49. The van der Waals surface area contributed by atoms with Gasteiger partial charge in [-0.25, -0.2) is 8.42 Å². The fourth-order valence-electron chi connectivity index (χ4n) is 3.01. The van der Waals surface area contributed by atoms with Gasteiger partial charge in [-0.3, -0.25) is 4.68 Å². The lowest BCUT2D eigenvalue weighted by Crippen LogP contribution is -2.49. The SMILES string of the molecule is CNC1CCN(S(=O)(=O)c2c(C)nn(C)c2C)CC1C. The van der Waals surface area contributed by atoms with E-state index >= 15 is 0 Å². The van der Waals surface area contributed by atoms with E-state index in [-0.39, 0.29) is 0 Å². The van der Waals surface area contributed by atoms with Crippen LogP contribution in [0.4, 0.5) is 0 Å². The van der Waals surface area contributed by atoms with Gasteiger partial charge in [0.25, 0.3) is 0 Å². The van der Waals surface area contributed by atoms with Gasteiger partial charge < -0.3 is 5.32 Å². The molecule has 0 amide bonds. The van der Waals surface area contributed by atoms with Gasteiger partial charge in [-0.1, -0.05) is 6.92 Å². The van der Waals surface area contributed by atoms with Crippen molar-refractivity contribution >= 4 is 10.0 Å². The second-order valence-corrected chi connectivity index (χ2v) is 7.52. The van der Waals surface area contributed by atoms with Gasteiger partial charge in [0.05, 0.1) is 11.4 Å². The molecular weight excluding hydrogens is 276 g/mol. The van der Waals surface area contributed by atoms with Crippen LogP contribution in [0.3, 0.4) is 0 Å². The Labute approximate surface area is 121 Å². The van der Waals surface area contributed by atoms with Crippen LogP contribution in [0, 0.1) is 19.8 Å². The second kappa shape index (κ2) is 5.46. The van der Waals surface area contributed by atoms with Gasteiger partial charge in [-0.2, -0.15) is 9.40 Å². The van der Waals surface area contributed by atoms with E-state index in [9.17, 15) is 8.42 Å². The summed E-state index contributed by atoms with van der Waals surface area (Å²) in [6.45, 7) is 6.76. The summed E-state index contributed by atoms with van der Waals surface area (Å²) in [6, 6.07) is 0.387. The molecular formula is C13H24N4O2S. The Morgan fingerprint density at radius 3 is 2.45 bits per heavy atom. The summed E-state index contributed by atoms with van der Waals surface area (Å²) in [4.78, 5) is 0.370. The molecule has 0 radical (unpaired) electrons. The number of sulfonamides is 1. The lowest BCUT2D eigenvalue weighted by molar-refractivity contribution is 0.228. The van der Waals surface area contributed by atoms with Gasteiger partial charge in [0.2, 0.25) is 10.0 Å². The average molecular weight is 300 g/mol. The molecule has 1 fully saturated rings. The molecule has 114 valence electrons. The number of piperidine rings is 1. The molecule has 6 nitrogen and oxygen atoms in total. The molecule has 0 bridgehead atoms. The first-order valence-electron chi connectivity index (χ1n) is 6.96. The highest BCUT2D eigenvalue weighted by molar-refractivity contribution is 7.89. The molecule has 0 spiro atoms. The van der Waals surface area contributed by atoms with E-state index in [1.807, 2.05) is 7.05 Å². The number of nitrogens with one attached hydrogen (secondary N) is 1. The van der Waals surface area contributed by atoms with Crippen LogP contribution in [0.2, 0.25) is 0 Å². The minimum atomic E-state index is -3.44. The summed E-state index contributed by atoms with van der Waals surface area (Å²) in [5, 5.41) is 7.47. The number of rotatable bonds is 3. The molecule has 2 atom stereocenters. The van der Waals surface area contributed by atoms with Crippen molar-refractivity contribution in [2.45, 2.75) is 38.1 Å². The molecule has 1 aromatic rings. The van der Waals surface area contributed by atoms with Crippen LogP contribution in [-0.4, -0.2) is 48.7 Å². The summed E-state index contributed by atoms with van der Waals surface area (Å²) < 4.78 is 28.9. The van der Waals surface area contributed by atoms with Gasteiger partial charge >= 0.3 is 0 Å². The zero-order chi connectivity index (χ0) is 15.1. The Morgan fingerprint density at radius 1 is 1.35 bits per heavy atom. The second-order valence-electron chi connectivity index (χ2n) is 5.65. The van der Waals surface area contributed by atoms with Crippen LogP contribution < -0.4 is 5.32 Å². The topological polar surface area (TPSA) is 67.2 Å². The standard InChI is InChI=1S/C13H24N4O2S/c1-9-8-17(7-6-12(9)14-4)20(18,19)13-10(2)15-16(5)11(13)3/h9,12,14H,6-8H2,1-5H3. The maximum atomic E-state index is 12.8. The van der Waals surface area contributed by atoms with Crippen LogP contribution in [-0.2, 0) is 17.1 Å². The fourth-order valence-corrected chi connectivity index (χ4v) is 4.97. The molecule has 1 N–H and O–H groups in total. The first-order chi connectivity index (χ1) is 9.28. The fraction of sp³-hybridized carbons (Fsp3) is 0.769. The summed E-state index contributed by atoms with van der Waals surface area (Å²) in [5.74, 6) is 0.306. The molecule has 2 unspecified atom stereocenters. The van der Waals surface area contributed by atoms with Crippen LogP contribution in [0.15, 0.2) is 4.90 Å². The van der Waals surface area contributed by atoms with Crippen molar-refractivity contribution in [1.29, 1.82) is 0 Å². The lowest BCUT2D eigenvalue weighted by Gasteiger charge is -2.36. The van der Waals surface area contributed by atoms with Crippen LogP contribution >= 0.6 is 0 Å². The number of aryl methyl sites for hydroxylation is 2. The molecule has 0 saturated carbocycles. The zero-order valence-electron chi connectivity index (χ0n) is 12.8. The Hall–Kier alpha value is -0.920. The van der Waals surface area contributed by atoms with E-state index in [4.69, 9.17) is 0 Å². The highest BCUT2D eigenvalue weighted by Gasteiger charge is 2.35. The maximum absolute atomic E-state index is 12.8. The van der Waals surface area contributed by atoms with E-state index < -0.39 is 10.0 Å². The molecule has 1 saturated heterocycles. The van der Waals surface area contributed by atoms with E-state index in [2.05, 4.69) is 17.3 Å². The number of hydrogen-bond donors (Lipinski definition) is 1. The van der Waals surface area contributed by atoms with E-state index in [1.165, 1.54) is 0 Å². The monoisotopic (exact) mass is 300 g/mol. The van der Waals surface area contributed by atoms with Crippen LogP contribution in [0.1, 0.15) is 24.7 Å². The van der Waals surface area contributed by atoms with Crippen molar-refractivity contribution in [1.82, 2.24) is 19.4 Å². The average Bonchev–Trinajstić information content (AvgIpc) is 2.63. The number of hydrogen-bond acceptors (Lipinski definition) is 4. The van der Waals surface area contributed by atoms with Crippen molar-refractivity contribution in [3.63, 3.8) is 0 Å². The molecule has 0 aliphatic carbocycles. The number of aromatic nitrogens is 2. The van der Waals surface area contributed by atoms with E-state index in [1.54, 1.807) is 29.9 Å². The third-order valence-corrected chi connectivity index (χ3v) is 6.40. The van der Waals surface area contributed by atoms with Crippen molar-refractivity contribution in [2.75, 3.05) is 20.1 Å². The molecule has 2 heterocycles. The van der Waals surface area contributed by atoms with Crippen molar-refractivity contribution in [3.8, 4) is 0 Å².